The average molecular weight is 291 g/mol. The summed E-state index contributed by atoms with van der Waals surface area (Å²) in [6.07, 6.45) is 0.280. The van der Waals surface area contributed by atoms with Gasteiger partial charge in [-0.1, -0.05) is 12.1 Å². The molecule has 2 atom stereocenters. The Hall–Kier alpha value is -2.54. The molecule has 0 fully saturated rings. The fraction of sp³-hybridized carbons (Fsp3) is 0.214. The van der Waals surface area contributed by atoms with Crippen molar-refractivity contribution in [3.63, 3.8) is 0 Å². The first-order valence-corrected chi connectivity index (χ1v) is 6.28. The van der Waals surface area contributed by atoms with Gasteiger partial charge in [0.05, 0.1) is 17.1 Å². The Morgan fingerprint density at radius 2 is 1.95 bits per heavy atom. The van der Waals surface area contributed by atoms with Crippen molar-refractivity contribution in [2.45, 2.75) is 19.1 Å². The van der Waals surface area contributed by atoms with Crippen LogP contribution in [0.25, 0.3) is 0 Å². The Bertz CT molecular complexity index is 616. The van der Waals surface area contributed by atoms with Crippen LogP contribution < -0.4 is 5.32 Å². The predicted octanol–water partition coefficient (Wildman–Crippen LogP) is 2.66. The predicted molar refractivity (Wildman–Crippen MR) is 75.3 cm³/mol. The van der Waals surface area contributed by atoms with E-state index in [0.29, 0.717) is 11.4 Å². The second-order valence-corrected chi connectivity index (χ2v) is 4.59. The molecular weight excluding hydrogens is 277 g/mol. The summed E-state index contributed by atoms with van der Waals surface area (Å²) >= 11 is 0. The number of pyridine rings is 1. The van der Waals surface area contributed by atoms with Gasteiger partial charge in [-0.25, -0.2) is 9.37 Å². The zero-order chi connectivity index (χ0) is 15.4. The first-order chi connectivity index (χ1) is 9.97. The van der Waals surface area contributed by atoms with Gasteiger partial charge < -0.3 is 10.4 Å². The van der Waals surface area contributed by atoms with Gasteiger partial charge in [0.1, 0.15) is 17.8 Å². The maximum Gasteiger partial charge on any atom is 0.287 e. The number of rotatable bonds is 5. The first-order valence-electron chi connectivity index (χ1n) is 6.28. The van der Waals surface area contributed by atoms with E-state index in [-0.39, 0.29) is 11.5 Å². The minimum absolute atomic E-state index is 0.104. The molecule has 2 rings (SSSR count). The summed E-state index contributed by atoms with van der Waals surface area (Å²) in [5, 5.41) is 23.6. The highest BCUT2D eigenvalue weighted by Crippen LogP contribution is 2.20. The van der Waals surface area contributed by atoms with Crippen LogP contribution in [0.2, 0.25) is 0 Å². The zero-order valence-corrected chi connectivity index (χ0v) is 11.2. The molecule has 1 aromatic heterocycles. The van der Waals surface area contributed by atoms with Crippen molar-refractivity contribution in [3.05, 3.63) is 64.1 Å². The third-order valence-corrected chi connectivity index (χ3v) is 3.02. The molecule has 0 saturated carbocycles. The van der Waals surface area contributed by atoms with Gasteiger partial charge in [-0.2, -0.15) is 0 Å². The Morgan fingerprint density at radius 3 is 2.48 bits per heavy atom. The van der Waals surface area contributed by atoms with Crippen molar-refractivity contribution < 1.29 is 14.4 Å². The molecule has 0 aliphatic rings. The van der Waals surface area contributed by atoms with Crippen LogP contribution in [-0.2, 0) is 0 Å². The molecule has 0 radical (unpaired) electrons. The van der Waals surface area contributed by atoms with Gasteiger partial charge in [-0.15, -0.1) is 0 Å². The SMILES string of the molecule is CC(Nc1ccc([N+](=O)[O-])cn1)C(O)c1ccc(F)cc1. The van der Waals surface area contributed by atoms with Gasteiger partial charge in [0.15, 0.2) is 0 Å². The second-order valence-electron chi connectivity index (χ2n) is 4.59. The molecule has 2 N–H and O–H groups in total. The number of nitrogens with zero attached hydrogens (tertiary/aromatic N) is 2. The van der Waals surface area contributed by atoms with Gasteiger partial charge in [-0.05, 0) is 30.7 Å². The topological polar surface area (TPSA) is 88.3 Å². The molecule has 110 valence electrons. The number of aliphatic hydroxyl groups excluding tert-OH is 1. The zero-order valence-electron chi connectivity index (χ0n) is 11.2. The molecule has 1 aromatic carbocycles. The van der Waals surface area contributed by atoms with Crippen molar-refractivity contribution >= 4 is 11.5 Å². The van der Waals surface area contributed by atoms with E-state index in [9.17, 15) is 19.6 Å². The lowest BCUT2D eigenvalue weighted by atomic mass is 10.0. The van der Waals surface area contributed by atoms with E-state index in [0.717, 1.165) is 6.20 Å². The third-order valence-electron chi connectivity index (χ3n) is 3.02. The first kappa shape index (κ1) is 14.9. The van der Waals surface area contributed by atoms with E-state index >= 15 is 0 Å². The van der Waals surface area contributed by atoms with E-state index < -0.39 is 17.1 Å². The second kappa shape index (κ2) is 6.27. The number of hydrogen-bond acceptors (Lipinski definition) is 5. The minimum atomic E-state index is -0.859. The van der Waals surface area contributed by atoms with Crippen molar-refractivity contribution in [2.75, 3.05) is 5.32 Å². The van der Waals surface area contributed by atoms with Crippen molar-refractivity contribution in [2.24, 2.45) is 0 Å². The number of anilines is 1. The number of halogens is 1. The maximum absolute atomic E-state index is 12.8. The van der Waals surface area contributed by atoms with E-state index in [4.69, 9.17) is 0 Å². The largest absolute Gasteiger partial charge is 0.386 e. The van der Waals surface area contributed by atoms with Crippen LogP contribution in [0.4, 0.5) is 15.9 Å². The quantitative estimate of drug-likeness (QED) is 0.653. The lowest BCUT2D eigenvalue weighted by molar-refractivity contribution is -0.385. The highest BCUT2D eigenvalue weighted by molar-refractivity contribution is 5.41. The van der Waals surface area contributed by atoms with Gasteiger partial charge in [-0.3, -0.25) is 10.1 Å². The normalized spacial score (nSPS) is 13.5. The molecule has 0 amide bonds. The molecule has 0 aliphatic heterocycles. The molecular formula is C14H14FN3O3. The molecule has 1 heterocycles. The van der Waals surface area contributed by atoms with E-state index in [1.807, 2.05) is 0 Å². The van der Waals surface area contributed by atoms with E-state index in [2.05, 4.69) is 10.3 Å². The number of nitrogens with one attached hydrogen (secondary N) is 1. The highest BCUT2D eigenvalue weighted by atomic mass is 19.1. The van der Waals surface area contributed by atoms with Crippen LogP contribution in [0.15, 0.2) is 42.6 Å². The number of hydrogen-bond donors (Lipinski definition) is 2. The monoisotopic (exact) mass is 291 g/mol. The summed E-state index contributed by atoms with van der Waals surface area (Å²) in [7, 11) is 0. The van der Waals surface area contributed by atoms with Gasteiger partial charge in [0.25, 0.3) is 5.69 Å². The van der Waals surface area contributed by atoms with Crippen molar-refractivity contribution in [1.29, 1.82) is 0 Å². The molecule has 21 heavy (non-hydrogen) atoms. The van der Waals surface area contributed by atoms with Crippen LogP contribution in [0.3, 0.4) is 0 Å². The smallest absolute Gasteiger partial charge is 0.287 e. The minimum Gasteiger partial charge on any atom is -0.386 e. The summed E-state index contributed by atoms with van der Waals surface area (Å²) in [4.78, 5) is 13.9. The standard InChI is InChI=1S/C14H14FN3O3/c1-9(14(19)10-2-4-11(15)5-3-10)17-13-7-6-12(8-16-13)18(20)21/h2-9,14,19H,1H3,(H,16,17). The molecule has 7 heteroatoms. The van der Waals surface area contributed by atoms with Crippen molar-refractivity contribution in [1.82, 2.24) is 4.98 Å². The number of nitro groups is 1. The molecule has 0 aliphatic carbocycles. The van der Waals surface area contributed by atoms with Crippen molar-refractivity contribution in [3.8, 4) is 0 Å². The van der Waals surface area contributed by atoms with Gasteiger partial charge in [0, 0.05) is 6.07 Å². The Labute approximate surface area is 120 Å². The third kappa shape index (κ3) is 3.73. The molecule has 2 unspecified atom stereocenters. The molecule has 2 aromatic rings. The van der Waals surface area contributed by atoms with Gasteiger partial charge in [0.2, 0.25) is 0 Å². The molecule has 0 bridgehead atoms. The lowest BCUT2D eigenvalue weighted by Gasteiger charge is -2.21. The van der Waals surface area contributed by atoms with Gasteiger partial charge >= 0.3 is 0 Å². The molecule has 0 saturated heterocycles. The Kier molecular flexibility index (Phi) is 4.44. The molecule has 6 nitrogen and oxygen atoms in total. The summed E-state index contributed by atoms with van der Waals surface area (Å²) < 4.78 is 12.8. The van der Waals surface area contributed by atoms with Crippen LogP contribution in [0.5, 0.6) is 0 Å². The van der Waals surface area contributed by atoms with E-state index in [1.165, 1.54) is 36.4 Å². The maximum atomic E-state index is 12.8. The lowest BCUT2D eigenvalue weighted by Crippen LogP contribution is -2.24. The summed E-state index contributed by atoms with van der Waals surface area (Å²) in [6.45, 7) is 1.73. The fourth-order valence-corrected chi connectivity index (χ4v) is 1.84. The summed E-state index contributed by atoms with van der Waals surface area (Å²) in [5.41, 5.74) is 0.464. The summed E-state index contributed by atoms with van der Waals surface area (Å²) in [6, 6.07) is 7.94. The number of aromatic nitrogens is 1. The number of benzene rings is 1. The van der Waals surface area contributed by atoms with E-state index in [1.54, 1.807) is 6.92 Å². The fourth-order valence-electron chi connectivity index (χ4n) is 1.84. The van der Waals surface area contributed by atoms with Crippen LogP contribution >= 0.6 is 0 Å². The summed E-state index contributed by atoms with van der Waals surface area (Å²) in [5.74, 6) is 0.0397. The Balaban J connectivity index is 2.04. The number of aliphatic hydroxyl groups is 1. The van der Waals surface area contributed by atoms with Crippen LogP contribution in [0.1, 0.15) is 18.6 Å². The van der Waals surface area contributed by atoms with Crippen LogP contribution in [-0.4, -0.2) is 21.1 Å². The average Bonchev–Trinajstić information content (AvgIpc) is 2.47. The molecule has 0 spiro atoms. The highest BCUT2D eigenvalue weighted by Gasteiger charge is 2.17. The van der Waals surface area contributed by atoms with Crippen LogP contribution in [0, 0.1) is 15.9 Å². The Morgan fingerprint density at radius 1 is 1.29 bits per heavy atom.